The number of aromatic nitrogens is 3. The van der Waals surface area contributed by atoms with Gasteiger partial charge in [-0.05, 0) is 30.5 Å². The second-order valence-electron chi connectivity index (χ2n) is 4.63. The maximum absolute atomic E-state index is 5.64. The van der Waals surface area contributed by atoms with Gasteiger partial charge in [0.2, 0.25) is 0 Å². The molecule has 0 aliphatic carbocycles. The number of benzene rings is 1. The number of rotatable bonds is 4. The molecule has 0 atom stereocenters. The molecule has 4 nitrogen and oxygen atoms in total. The fraction of sp³-hybridized carbons (Fsp3) is 0.200. The van der Waals surface area contributed by atoms with Crippen LogP contribution < -0.4 is 5.73 Å². The van der Waals surface area contributed by atoms with E-state index in [2.05, 4.69) is 39.2 Å². The summed E-state index contributed by atoms with van der Waals surface area (Å²) in [4.78, 5) is 11.9. The average Bonchev–Trinajstić information content (AvgIpc) is 2.82. The predicted octanol–water partition coefficient (Wildman–Crippen LogP) is 2.72. The van der Waals surface area contributed by atoms with Gasteiger partial charge in [-0.25, -0.2) is 9.97 Å². The predicted molar refractivity (Wildman–Crippen MR) is 76.8 cm³/mol. The lowest BCUT2D eigenvalue weighted by molar-refractivity contribution is 0.785. The second-order valence-corrected chi connectivity index (χ2v) is 4.63. The van der Waals surface area contributed by atoms with Crippen molar-refractivity contribution >= 4 is 17.0 Å². The summed E-state index contributed by atoms with van der Waals surface area (Å²) in [6, 6.07) is 14.2. The minimum absolute atomic E-state index is 0.509. The highest BCUT2D eigenvalue weighted by Crippen LogP contribution is 2.12. The molecule has 0 bridgehead atoms. The molecule has 0 amide bonds. The number of nitrogen functional groups attached to an aromatic ring is 1. The summed E-state index contributed by atoms with van der Waals surface area (Å²) in [5.41, 5.74) is 8.66. The minimum Gasteiger partial charge on any atom is -0.384 e. The number of pyridine rings is 1. The Balaban J connectivity index is 1.65. The van der Waals surface area contributed by atoms with Crippen molar-refractivity contribution in [1.29, 1.82) is 0 Å². The van der Waals surface area contributed by atoms with Gasteiger partial charge >= 0.3 is 0 Å². The van der Waals surface area contributed by atoms with E-state index >= 15 is 0 Å². The highest BCUT2D eigenvalue weighted by atomic mass is 15.0. The number of aryl methyl sites for hydroxylation is 2. The lowest BCUT2D eigenvalue weighted by Crippen LogP contribution is -1.92. The normalized spacial score (nSPS) is 10.9. The van der Waals surface area contributed by atoms with E-state index < -0.39 is 0 Å². The van der Waals surface area contributed by atoms with Gasteiger partial charge in [0.25, 0.3) is 0 Å². The molecule has 3 aromatic rings. The molecule has 0 saturated heterocycles. The van der Waals surface area contributed by atoms with Gasteiger partial charge in [-0.2, -0.15) is 0 Å². The van der Waals surface area contributed by atoms with Gasteiger partial charge in [-0.1, -0.05) is 30.3 Å². The van der Waals surface area contributed by atoms with Crippen LogP contribution in [0.25, 0.3) is 11.2 Å². The Labute approximate surface area is 111 Å². The number of aromatic amines is 1. The number of H-pyrrole nitrogens is 1. The highest BCUT2D eigenvalue weighted by Gasteiger charge is 2.04. The lowest BCUT2D eigenvalue weighted by atomic mass is 10.1. The maximum Gasteiger partial charge on any atom is 0.179 e. The van der Waals surface area contributed by atoms with Crippen molar-refractivity contribution in [2.45, 2.75) is 19.3 Å². The number of hydrogen-bond donors (Lipinski definition) is 2. The summed E-state index contributed by atoms with van der Waals surface area (Å²) < 4.78 is 0. The molecule has 3 N–H and O–H groups in total. The third kappa shape index (κ3) is 2.73. The molecule has 19 heavy (non-hydrogen) atoms. The van der Waals surface area contributed by atoms with Gasteiger partial charge in [0.1, 0.15) is 11.6 Å². The van der Waals surface area contributed by atoms with Crippen molar-refractivity contribution in [3.05, 3.63) is 53.9 Å². The molecule has 96 valence electrons. The van der Waals surface area contributed by atoms with Crippen molar-refractivity contribution in [1.82, 2.24) is 15.0 Å². The molecule has 0 radical (unpaired) electrons. The molecule has 3 rings (SSSR count). The van der Waals surface area contributed by atoms with Crippen molar-refractivity contribution in [3.63, 3.8) is 0 Å². The van der Waals surface area contributed by atoms with E-state index in [9.17, 15) is 0 Å². The molecule has 0 fully saturated rings. The Morgan fingerprint density at radius 3 is 2.63 bits per heavy atom. The number of nitrogens with zero attached hydrogens (tertiary/aromatic N) is 2. The third-order valence-corrected chi connectivity index (χ3v) is 3.14. The molecule has 4 heteroatoms. The summed E-state index contributed by atoms with van der Waals surface area (Å²) in [6.07, 6.45) is 3.05. The summed E-state index contributed by atoms with van der Waals surface area (Å²) in [5, 5.41) is 0. The van der Waals surface area contributed by atoms with Crippen molar-refractivity contribution < 1.29 is 0 Å². The molecule has 0 saturated carbocycles. The zero-order valence-corrected chi connectivity index (χ0v) is 10.6. The van der Waals surface area contributed by atoms with Crippen LogP contribution in [0.3, 0.4) is 0 Å². The van der Waals surface area contributed by atoms with Gasteiger partial charge in [-0.3, -0.25) is 0 Å². The number of nitrogens with two attached hydrogens (primary N) is 1. The molecular formula is C15H16N4. The third-order valence-electron chi connectivity index (χ3n) is 3.14. The van der Waals surface area contributed by atoms with Crippen molar-refractivity contribution in [3.8, 4) is 0 Å². The van der Waals surface area contributed by atoms with Crippen LogP contribution in [0.4, 0.5) is 5.82 Å². The summed E-state index contributed by atoms with van der Waals surface area (Å²) in [5.74, 6) is 1.49. The second kappa shape index (κ2) is 5.10. The van der Waals surface area contributed by atoms with E-state index in [1.807, 2.05) is 12.1 Å². The standard InChI is InChI=1S/C15H16N4/c16-13-10-9-12-15(18-13)19-14(17-12)8-4-7-11-5-2-1-3-6-11/h1-3,5-6,9-10H,4,7-8H2,(H3,16,17,18,19). The quantitative estimate of drug-likeness (QED) is 0.750. The first-order chi connectivity index (χ1) is 9.31. The Morgan fingerprint density at radius 1 is 0.947 bits per heavy atom. The van der Waals surface area contributed by atoms with Crippen molar-refractivity contribution in [2.24, 2.45) is 0 Å². The van der Waals surface area contributed by atoms with Crippen LogP contribution in [-0.4, -0.2) is 15.0 Å². The number of imidazole rings is 1. The van der Waals surface area contributed by atoms with Gasteiger partial charge in [0, 0.05) is 6.42 Å². The smallest absolute Gasteiger partial charge is 0.179 e. The number of anilines is 1. The zero-order valence-electron chi connectivity index (χ0n) is 10.6. The van der Waals surface area contributed by atoms with E-state index in [1.54, 1.807) is 6.07 Å². The van der Waals surface area contributed by atoms with Crippen molar-refractivity contribution in [2.75, 3.05) is 5.73 Å². The van der Waals surface area contributed by atoms with Crippen LogP contribution in [0, 0.1) is 0 Å². The average molecular weight is 252 g/mol. The first kappa shape index (κ1) is 11.7. The molecule has 0 unspecified atom stereocenters. The van der Waals surface area contributed by atoms with Crippen LogP contribution in [0.5, 0.6) is 0 Å². The summed E-state index contributed by atoms with van der Waals surface area (Å²) in [7, 11) is 0. The van der Waals surface area contributed by atoms with E-state index in [1.165, 1.54) is 5.56 Å². The number of hydrogen-bond acceptors (Lipinski definition) is 3. The Kier molecular flexibility index (Phi) is 3.14. The van der Waals surface area contributed by atoms with Gasteiger partial charge < -0.3 is 10.7 Å². The van der Waals surface area contributed by atoms with Crippen LogP contribution >= 0.6 is 0 Å². The first-order valence-corrected chi connectivity index (χ1v) is 6.46. The number of nitrogens with one attached hydrogen (secondary N) is 1. The molecule has 1 aromatic carbocycles. The Hall–Kier alpha value is -2.36. The maximum atomic E-state index is 5.64. The molecule has 0 aliphatic rings. The fourth-order valence-electron chi connectivity index (χ4n) is 2.18. The largest absolute Gasteiger partial charge is 0.384 e. The first-order valence-electron chi connectivity index (χ1n) is 6.46. The monoisotopic (exact) mass is 252 g/mol. The van der Waals surface area contributed by atoms with E-state index in [0.29, 0.717) is 11.5 Å². The topological polar surface area (TPSA) is 67.6 Å². The van der Waals surface area contributed by atoms with Gasteiger partial charge in [0.15, 0.2) is 5.65 Å². The van der Waals surface area contributed by atoms with Crippen LogP contribution in [-0.2, 0) is 12.8 Å². The fourth-order valence-corrected chi connectivity index (χ4v) is 2.18. The zero-order chi connectivity index (χ0) is 13.1. The summed E-state index contributed by atoms with van der Waals surface area (Å²) >= 11 is 0. The molecule has 2 aromatic heterocycles. The number of fused-ring (bicyclic) bond motifs is 1. The van der Waals surface area contributed by atoms with E-state index in [0.717, 1.165) is 30.6 Å². The van der Waals surface area contributed by atoms with E-state index in [-0.39, 0.29) is 0 Å². The molecule has 0 spiro atoms. The highest BCUT2D eigenvalue weighted by molar-refractivity contribution is 5.72. The van der Waals surface area contributed by atoms with Gasteiger partial charge in [-0.15, -0.1) is 0 Å². The van der Waals surface area contributed by atoms with Crippen LogP contribution in [0.1, 0.15) is 17.8 Å². The molecule has 0 aliphatic heterocycles. The Bertz CT molecular complexity index is 673. The molecular weight excluding hydrogens is 236 g/mol. The SMILES string of the molecule is Nc1ccc2[nH]c(CCCc3ccccc3)nc2n1. The molecule has 2 heterocycles. The summed E-state index contributed by atoms with van der Waals surface area (Å²) in [6.45, 7) is 0. The van der Waals surface area contributed by atoms with Crippen LogP contribution in [0.2, 0.25) is 0 Å². The van der Waals surface area contributed by atoms with Gasteiger partial charge in [0.05, 0.1) is 5.52 Å². The minimum atomic E-state index is 0.509. The van der Waals surface area contributed by atoms with E-state index in [4.69, 9.17) is 5.73 Å². The van der Waals surface area contributed by atoms with Crippen LogP contribution in [0.15, 0.2) is 42.5 Å². The Morgan fingerprint density at radius 2 is 1.79 bits per heavy atom. The lowest BCUT2D eigenvalue weighted by Gasteiger charge is -1.99.